The van der Waals surface area contributed by atoms with Crippen LogP contribution in [0, 0.1) is 0 Å². The maximum atomic E-state index is 11.7. The van der Waals surface area contributed by atoms with Gasteiger partial charge in [0.25, 0.3) is 0 Å². The molecule has 6 heteroatoms. The molecule has 1 heterocycles. The van der Waals surface area contributed by atoms with Crippen molar-refractivity contribution in [2.45, 2.75) is 25.8 Å². The van der Waals surface area contributed by atoms with Crippen molar-refractivity contribution in [3.63, 3.8) is 0 Å². The Bertz CT molecular complexity index is 312. The van der Waals surface area contributed by atoms with Crippen LogP contribution < -0.4 is 5.73 Å². The van der Waals surface area contributed by atoms with Crippen molar-refractivity contribution in [1.82, 2.24) is 4.90 Å². The first kappa shape index (κ1) is 12.4. The molecule has 1 aliphatic heterocycles. The summed E-state index contributed by atoms with van der Waals surface area (Å²) in [5.41, 5.74) is 5.69. The number of carbonyl (C=O) groups excluding carboxylic acids is 1. The fraction of sp³-hybridized carbons (Fsp3) is 0.889. The molecule has 0 bridgehead atoms. The molecule has 1 unspecified atom stereocenters. The number of nitrogens with two attached hydrogens (primary N) is 1. The van der Waals surface area contributed by atoms with E-state index in [2.05, 4.69) is 0 Å². The molecule has 1 fully saturated rings. The Morgan fingerprint density at radius 3 is 2.40 bits per heavy atom. The van der Waals surface area contributed by atoms with E-state index in [9.17, 15) is 13.2 Å². The predicted octanol–water partition coefficient (Wildman–Crippen LogP) is -0.629. The van der Waals surface area contributed by atoms with Gasteiger partial charge in [-0.05, 0) is 6.42 Å². The average Bonchev–Trinajstić information content (AvgIpc) is 2.17. The quantitative estimate of drug-likeness (QED) is 0.705. The van der Waals surface area contributed by atoms with Crippen molar-refractivity contribution in [2.24, 2.45) is 5.73 Å². The van der Waals surface area contributed by atoms with Crippen molar-refractivity contribution >= 4 is 15.7 Å². The zero-order valence-corrected chi connectivity index (χ0v) is 9.79. The molecule has 1 rings (SSSR count). The summed E-state index contributed by atoms with van der Waals surface area (Å²) in [6.07, 6.45) is 1.52. The highest BCUT2D eigenvalue weighted by Gasteiger charge is 2.27. The second-order valence-electron chi connectivity index (χ2n) is 3.87. The van der Waals surface area contributed by atoms with E-state index in [0.717, 1.165) is 6.42 Å². The molecule has 15 heavy (non-hydrogen) atoms. The third-order valence-electron chi connectivity index (χ3n) is 2.57. The van der Waals surface area contributed by atoms with Gasteiger partial charge in [0.15, 0.2) is 9.84 Å². The fourth-order valence-electron chi connectivity index (χ4n) is 1.60. The molecular formula is C9H18N2O3S. The molecule has 0 aromatic heterocycles. The highest BCUT2D eigenvalue weighted by Crippen LogP contribution is 2.07. The number of rotatable bonds is 3. The van der Waals surface area contributed by atoms with E-state index in [0.29, 0.717) is 19.5 Å². The van der Waals surface area contributed by atoms with Crippen LogP contribution in [0.4, 0.5) is 0 Å². The van der Waals surface area contributed by atoms with Crippen LogP contribution in [0.3, 0.4) is 0 Å². The van der Waals surface area contributed by atoms with Crippen molar-refractivity contribution in [1.29, 1.82) is 0 Å². The predicted molar refractivity (Wildman–Crippen MR) is 58.1 cm³/mol. The molecule has 2 N–H and O–H groups in total. The maximum Gasteiger partial charge on any atom is 0.239 e. The lowest BCUT2D eigenvalue weighted by Gasteiger charge is -2.28. The topological polar surface area (TPSA) is 80.5 Å². The van der Waals surface area contributed by atoms with Crippen molar-refractivity contribution in [3.8, 4) is 0 Å². The molecule has 1 saturated heterocycles. The minimum Gasteiger partial charge on any atom is -0.339 e. The van der Waals surface area contributed by atoms with Crippen LogP contribution in [0.2, 0.25) is 0 Å². The Balaban J connectivity index is 2.49. The molecule has 1 amide bonds. The van der Waals surface area contributed by atoms with Gasteiger partial charge in [0.05, 0.1) is 17.5 Å². The lowest BCUT2D eigenvalue weighted by molar-refractivity contribution is -0.132. The van der Waals surface area contributed by atoms with Crippen LogP contribution in [0.25, 0.3) is 0 Å². The summed E-state index contributed by atoms with van der Waals surface area (Å²) in [5.74, 6) is 0.0153. The smallest absolute Gasteiger partial charge is 0.239 e. The molecule has 0 radical (unpaired) electrons. The normalized spacial score (nSPS) is 22.4. The molecule has 5 nitrogen and oxygen atoms in total. The lowest BCUT2D eigenvalue weighted by Crippen LogP contribution is -2.50. The average molecular weight is 234 g/mol. The summed E-state index contributed by atoms with van der Waals surface area (Å²) >= 11 is 0. The van der Waals surface area contributed by atoms with Crippen LogP contribution in [0.15, 0.2) is 0 Å². The molecule has 1 atom stereocenters. The van der Waals surface area contributed by atoms with Gasteiger partial charge in [-0.1, -0.05) is 13.3 Å². The summed E-state index contributed by atoms with van der Waals surface area (Å²) in [7, 11) is -2.92. The first-order chi connectivity index (χ1) is 6.96. The van der Waals surface area contributed by atoms with Crippen molar-refractivity contribution in [3.05, 3.63) is 0 Å². The van der Waals surface area contributed by atoms with Gasteiger partial charge in [0.2, 0.25) is 5.91 Å². The minimum atomic E-state index is -2.92. The second kappa shape index (κ2) is 4.94. The molecule has 0 saturated carbocycles. The first-order valence-electron chi connectivity index (χ1n) is 5.21. The van der Waals surface area contributed by atoms with Crippen LogP contribution in [0.1, 0.15) is 19.8 Å². The number of sulfone groups is 1. The lowest BCUT2D eigenvalue weighted by atomic mass is 10.1. The molecule has 88 valence electrons. The minimum absolute atomic E-state index is 0.0670. The molecular weight excluding hydrogens is 216 g/mol. The zero-order valence-electron chi connectivity index (χ0n) is 8.98. The van der Waals surface area contributed by atoms with E-state index >= 15 is 0 Å². The van der Waals surface area contributed by atoms with Crippen LogP contribution in [-0.4, -0.2) is 49.9 Å². The third kappa shape index (κ3) is 3.46. The Kier molecular flexibility index (Phi) is 4.10. The van der Waals surface area contributed by atoms with Crippen molar-refractivity contribution in [2.75, 3.05) is 24.6 Å². The highest BCUT2D eigenvalue weighted by atomic mass is 32.2. The summed E-state index contributed by atoms with van der Waals surface area (Å²) in [6, 6.07) is -0.476. The van der Waals surface area contributed by atoms with E-state index in [1.54, 1.807) is 4.90 Å². The number of hydrogen-bond donors (Lipinski definition) is 1. The first-order valence-corrected chi connectivity index (χ1v) is 7.03. The SMILES string of the molecule is CCCC(N)C(=O)N1CCS(=O)(=O)CC1. The van der Waals surface area contributed by atoms with Gasteiger partial charge in [-0.25, -0.2) is 8.42 Å². The second-order valence-corrected chi connectivity index (χ2v) is 6.18. The van der Waals surface area contributed by atoms with Crippen LogP contribution >= 0.6 is 0 Å². The molecule has 0 aromatic carbocycles. The Morgan fingerprint density at radius 1 is 1.40 bits per heavy atom. The summed E-state index contributed by atoms with van der Waals surface area (Å²) < 4.78 is 22.3. The zero-order chi connectivity index (χ0) is 11.5. The Hall–Kier alpha value is -0.620. The van der Waals surface area contributed by atoms with Gasteiger partial charge < -0.3 is 10.6 Å². The van der Waals surface area contributed by atoms with E-state index in [4.69, 9.17) is 5.73 Å². The van der Waals surface area contributed by atoms with Gasteiger partial charge in [-0.3, -0.25) is 4.79 Å². The van der Waals surface area contributed by atoms with Crippen LogP contribution in [-0.2, 0) is 14.6 Å². The van der Waals surface area contributed by atoms with Gasteiger partial charge >= 0.3 is 0 Å². The monoisotopic (exact) mass is 234 g/mol. The van der Waals surface area contributed by atoms with Gasteiger partial charge in [-0.15, -0.1) is 0 Å². The van der Waals surface area contributed by atoms with E-state index in [1.807, 2.05) is 6.92 Å². The van der Waals surface area contributed by atoms with Crippen molar-refractivity contribution < 1.29 is 13.2 Å². The standard InChI is InChI=1S/C9H18N2O3S/c1-2-3-8(10)9(12)11-4-6-15(13,14)7-5-11/h8H,2-7,10H2,1H3. The van der Waals surface area contributed by atoms with Gasteiger partial charge in [0, 0.05) is 13.1 Å². The number of nitrogens with zero attached hydrogens (tertiary/aromatic N) is 1. The van der Waals surface area contributed by atoms with Gasteiger partial charge in [0.1, 0.15) is 0 Å². The molecule has 0 spiro atoms. The Labute approximate surface area is 90.5 Å². The third-order valence-corrected chi connectivity index (χ3v) is 4.18. The van der Waals surface area contributed by atoms with Crippen LogP contribution in [0.5, 0.6) is 0 Å². The summed E-state index contributed by atoms with van der Waals surface area (Å²) in [5, 5.41) is 0. The largest absolute Gasteiger partial charge is 0.339 e. The molecule has 1 aliphatic rings. The number of amides is 1. The van der Waals surface area contributed by atoms with E-state index in [-0.39, 0.29) is 17.4 Å². The van der Waals surface area contributed by atoms with E-state index < -0.39 is 15.9 Å². The summed E-state index contributed by atoms with van der Waals surface area (Å²) in [6.45, 7) is 2.55. The Morgan fingerprint density at radius 2 is 1.93 bits per heavy atom. The maximum absolute atomic E-state index is 11.7. The van der Waals surface area contributed by atoms with Gasteiger partial charge in [-0.2, -0.15) is 0 Å². The van der Waals surface area contributed by atoms with E-state index in [1.165, 1.54) is 0 Å². The molecule has 0 aromatic rings. The number of carbonyl (C=O) groups is 1. The molecule has 0 aliphatic carbocycles. The fourth-order valence-corrected chi connectivity index (χ4v) is 2.80. The number of hydrogen-bond acceptors (Lipinski definition) is 4. The summed E-state index contributed by atoms with van der Waals surface area (Å²) in [4.78, 5) is 13.3. The highest BCUT2D eigenvalue weighted by molar-refractivity contribution is 7.91.